The van der Waals surface area contributed by atoms with Crippen molar-refractivity contribution in [1.29, 1.82) is 0 Å². The Kier molecular flexibility index (Phi) is 7.10. The van der Waals surface area contributed by atoms with Crippen molar-refractivity contribution in [2.45, 2.75) is 58.4 Å². The van der Waals surface area contributed by atoms with Crippen molar-refractivity contribution in [3.63, 3.8) is 0 Å². The molecule has 0 saturated carbocycles. The molecule has 2 rings (SSSR count). The summed E-state index contributed by atoms with van der Waals surface area (Å²) in [5.41, 5.74) is -0.139. The van der Waals surface area contributed by atoms with Crippen LogP contribution in [-0.2, 0) is 33.3 Å². The Morgan fingerprint density at radius 2 is 1.38 bits per heavy atom. The van der Waals surface area contributed by atoms with Gasteiger partial charge in [0.25, 0.3) is 5.69 Å². The molecule has 5 atom stereocenters. The second-order valence-corrected chi connectivity index (χ2v) is 6.30. The summed E-state index contributed by atoms with van der Waals surface area (Å²) in [5, 5.41) is 10.8. The number of ether oxygens (including phenoxy) is 5. The molecule has 0 spiro atoms. The first-order valence-corrected chi connectivity index (χ1v) is 8.66. The number of carbonyl (C=O) groups is 3. The molecule has 29 heavy (non-hydrogen) atoms. The van der Waals surface area contributed by atoms with Gasteiger partial charge in [0.1, 0.15) is 5.75 Å². The van der Waals surface area contributed by atoms with Crippen molar-refractivity contribution in [1.82, 2.24) is 0 Å². The second-order valence-electron chi connectivity index (χ2n) is 6.30. The van der Waals surface area contributed by atoms with Crippen LogP contribution in [0.3, 0.4) is 0 Å². The quantitative estimate of drug-likeness (QED) is 0.293. The summed E-state index contributed by atoms with van der Waals surface area (Å²) >= 11 is 0. The van der Waals surface area contributed by atoms with Gasteiger partial charge in [0.2, 0.25) is 12.4 Å². The van der Waals surface area contributed by atoms with Gasteiger partial charge in [-0.1, -0.05) is 0 Å². The number of non-ortho nitro benzene ring substituents is 1. The Morgan fingerprint density at radius 1 is 0.897 bits per heavy atom. The van der Waals surface area contributed by atoms with Crippen molar-refractivity contribution in [2.24, 2.45) is 0 Å². The Labute approximate surface area is 166 Å². The molecule has 1 aliphatic rings. The topological polar surface area (TPSA) is 140 Å². The van der Waals surface area contributed by atoms with E-state index in [1.807, 2.05) is 0 Å². The predicted molar refractivity (Wildman–Crippen MR) is 94.7 cm³/mol. The number of hydrogen-bond donors (Lipinski definition) is 0. The molecule has 1 saturated heterocycles. The van der Waals surface area contributed by atoms with Crippen LogP contribution in [0.1, 0.15) is 27.7 Å². The standard InChI is InChI=1S/C18H21NO10/c1-9-15(26-10(2)20)16(27-11(3)21)17(28-12(4)22)18(25-9)29-14-7-5-13(6-8-14)19(23)24/h5-9,15-18H,1-4H3/t9-,15+,16+,17-,18-/m0/s1. The molecule has 11 heteroatoms. The normalized spacial score (nSPS) is 26.1. The number of esters is 3. The van der Waals surface area contributed by atoms with Gasteiger partial charge in [-0.3, -0.25) is 24.5 Å². The molecule has 0 N–H and O–H groups in total. The van der Waals surface area contributed by atoms with Crippen LogP contribution in [0.15, 0.2) is 24.3 Å². The van der Waals surface area contributed by atoms with Crippen LogP contribution in [0.5, 0.6) is 5.75 Å². The van der Waals surface area contributed by atoms with Gasteiger partial charge in [-0.25, -0.2) is 0 Å². The fourth-order valence-corrected chi connectivity index (χ4v) is 2.85. The summed E-state index contributed by atoms with van der Waals surface area (Å²) < 4.78 is 27.1. The van der Waals surface area contributed by atoms with E-state index in [1.165, 1.54) is 31.2 Å². The highest BCUT2D eigenvalue weighted by Crippen LogP contribution is 2.30. The first kappa shape index (κ1) is 22.1. The average Bonchev–Trinajstić information content (AvgIpc) is 2.61. The van der Waals surface area contributed by atoms with E-state index >= 15 is 0 Å². The van der Waals surface area contributed by atoms with Crippen molar-refractivity contribution < 1.29 is 43.0 Å². The molecular weight excluding hydrogens is 390 g/mol. The van der Waals surface area contributed by atoms with Crippen molar-refractivity contribution >= 4 is 23.6 Å². The third-order valence-corrected chi connectivity index (χ3v) is 3.93. The van der Waals surface area contributed by atoms with E-state index in [0.29, 0.717) is 0 Å². The highest BCUT2D eigenvalue weighted by Gasteiger charge is 2.51. The molecule has 0 aliphatic carbocycles. The van der Waals surface area contributed by atoms with Crippen LogP contribution in [0.25, 0.3) is 0 Å². The van der Waals surface area contributed by atoms with Gasteiger partial charge in [-0.2, -0.15) is 0 Å². The van der Waals surface area contributed by atoms with E-state index in [4.69, 9.17) is 23.7 Å². The highest BCUT2D eigenvalue weighted by molar-refractivity contribution is 5.68. The Morgan fingerprint density at radius 3 is 1.86 bits per heavy atom. The first-order valence-electron chi connectivity index (χ1n) is 8.66. The maximum Gasteiger partial charge on any atom is 0.303 e. The van der Waals surface area contributed by atoms with Gasteiger partial charge in [0.05, 0.1) is 11.0 Å². The number of nitro benzene ring substituents is 1. The maximum absolute atomic E-state index is 11.6. The fourth-order valence-electron chi connectivity index (χ4n) is 2.85. The number of benzene rings is 1. The van der Waals surface area contributed by atoms with Crippen molar-refractivity contribution in [2.75, 3.05) is 0 Å². The smallest absolute Gasteiger partial charge is 0.303 e. The van der Waals surface area contributed by atoms with E-state index in [-0.39, 0.29) is 11.4 Å². The number of carbonyl (C=O) groups excluding carboxylic acids is 3. The molecule has 0 bridgehead atoms. The summed E-state index contributed by atoms with van der Waals surface area (Å²) in [4.78, 5) is 44.9. The van der Waals surface area contributed by atoms with Gasteiger partial charge in [-0.15, -0.1) is 0 Å². The van der Waals surface area contributed by atoms with Crippen LogP contribution in [-0.4, -0.2) is 53.5 Å². The molecule has 158 valence electrons. The van der Waals surface area contributed by atoms with Crippen LogP contribution < -0.4 is 4.74 Å². The van der Waals surface area contributed by atoms with E-state index in [9.17, 15) is 24.5 Å². The molecule has 1 fully saturated rings. The minimum atomic E-state index is -1.26. The SMILES string of the molecule is CC(=O)O[C@H]1[C@H](OC(C)=O)[C@H](Oc2ccc([N+](=O)[O-])cc2)O[C@@H](C)[C@H]1OC(C)=O. The number of rotatable bonds is 6. The van der Waals surface area contributed by atoms with E-state index in [1.54, 1.807) is 6.92 Å². The van der Waals surface area contributed by atoms with Gasteiger partial charge >= 0.3 is 17.9 Å². The zero-order valence-corrected chi connectivity index (χ0v) is 16.2. The first-order chi connectivity index (χ1) is 13.6. The Balaban J connectivity index is 2.33. The third kappa shape index (κ3) is 5.88. The van der Waals surface area contributed by atoms with Gasteiger partial charge in [0.15, 0.2) is 12.2 Å². The average molecular weight is 411 g/mol. The van der Waals surface area contributed by atoms with E-state index < -0.39 is 53.5 Å². The van der Waals surface area contributed by atoms with Crippen molar-refractivity contribution in [3.05, 3.63) is 34.4 Å². The zero-order chi connectivity index (χ0) is 21.7. The molecule has 1 heterocycles. The summed E-state index contributed by atoms with van der Waals surface area (Å²) in [7, 11) is 0. The minimum absolute atomic E-state index is 0.139. The Bertz CT molecular complexity index is 777. The van der Waals surface area contributed by atoms with E-state index in [2.05, 4.69) is 0 Å². The summed E-state index contributed by atoms with van der Waals surface area (Å²) in [5.74, 6) is -1.84. The molecular formula is C18H21NO10. The van der Waals surface area contributed by atoms with Crippen molar-refractivity contribution in [3.8, 4) is 5.75 Å². The predicted octanol–water partition coefficient (Wildman–Crippen LogP) is 1.51. The lowest BCUT2D eigenvalue weighted by molar-refractivity contribution is -0.384. The van der Waals surface area contributed by atoms with E-state index in [0.717, 1.165) is 13.8 Å². The highest BCUT2D eigenvalue weighted by atomic mass is 16.7. The van der Waals surface area contributed by atoms with Gasteiger partial charge in [-0.05, 0) is 19.1 Å². The number of hydrogen-bond acceptors (Lipinski definition) is 10. The molecule has 0 aromatic heterocycles. The van der Waals surface area contributed by atoms with Crippen LogP contribution in [0, 0.1) is 10.1 Å². The molecule has 0 unspecified atom stereocenters. The number of nitro groups is 1. The lowest BCUT2D eigenvalue weighted by Gasteiger charge is -2.43. The summed E-state index contributed by atoms with van der Waals surface area (Å²) in [6, 6.07) is 5.15. The maximum atomic E-state index is 11.6. The largest absolute Gasteiger partial charge is 0.461 e. The number of nitrogens with zero attached hydrogens (tertiary/aromatic N) is 1. The minimum Gasteiger partial charge on any atom is -0.461 e. The summed E-state index contributed by atoms with van der Waals surface area (Å²) in [6.45, 7) is 5.05. The fraction of sp³-hybridized carbons (Fsp3) is 0.500. The molecule has 1 aliphatic heterocycles. The van der Waals surface area contributed by atoms with Gasteiger partial charge < -0.3 is 23.7 Å². The monoisotopic (exact) mass is 411 g/mol. The lowest BCUT2D eigenvalue weighted by atomic mass is 9.99. The molecule has 1 aromatic rings. The Hall–Kier alpha value is -3.21. The molecule has 0 amide bonds. The van der Waals surface area contributed by atoms with Crippen LogP contribution in [0.2, 0.25) is 0 Å². The zero-order valence-electron chi connectivity index (χ0n) is 16.2. The molecule has 1 aromatic carbocycles. The summed E-state index contributed by atoms with van der Waals surface area (Å²) in [6.07, 6.45) is -5.50. The third-order valence-electron chi connectivity index (χ3n) is 3.93. The van der Waals surface area contributed by atoms with Crippen LogP contribution >= 0.6 is 0 Å². The molecule has 11 nitrogen and oxygen atoms in total. The molecule has 0 radical (unpaired) electrons. The second kappa shape index (κ2) is 9.32. The lowest BCUT2D eigenvalue weighted by Crippen LogP contribution is -2.62. The van der Waals surface area contributed by atoms with Gasteiger partial charge in [0, 0.05) is 32.9 Å². The van der Waals surface area contributed by atoms with Crippen LogP contribution in [0.4, 0.5) is 5.69 Å².